The van der Waals surface area contributed by atoms with Crippen molar-refractivity contribution in [3.8, 4) is 5.75 Å². The molecule has 0 spiro atoms. The molecule has 0 bridgehead atoms. The molecule has 0 radical (unpaired) electrons. The van der Waals surface area contributed by atoms with Crippen LogP contribution < -0.4 is 5.32 Å². The van der Waals surface area contributed by atoms with Gasteiger partial charge in [-0.15, -0.1) is 0 Å². The summed E-state index contributed by atoms with van der Waals surface area (Å²) in [5, 5.41) is 13.1. The molecule has 0 saturated heterocycles. The van der Waals surface area contributed by atoms with Gasteiger partial charge in [0.25, 0.3) is 0 Å². The Hall–Kier alpha value is -1.02. The number of aromatic hydroxyl groups is 1. The van der Waals surface area contributed by atoms with Crippen LogP contribution in [0.25, 0.3) is 0 Å². The molecule has 1 aromatic rings. The van der Waals surface area contributed by atoms with Crippen molar-refractivity contribution < 1.29 is 5.11 Å². The first-order valence-electron chi connectivity index (χ1n) is 7.71. The van der Waals surface area contributed by atoms with Crippen LogP contribution in [0, 0.1) is 5.92 Å². The molecule has 1 saturated carbocycles. The molecule has 1 aliphatic carbocycles. The van der Waals surface area contributed by atoms with E-state index in [1.165, 1.54) is 37.7 Å². The third-order valence-corrected chi connectivity index (χ3v) is 4.36. The van der Waals surface area contributed by atoms with Crippen LogP contribution in [0.5, 0.6) is 5.75 Å². The maximum absolute atomic E-state index is 9.29. The minimum atomic E-state index is 0.349. The van der Waals surface area contributed by atoms with Gasteiger partial charge in [0.15, 0.2) is 0 Å². The number of hydrogen-bond donors (Lipinski definition) is 2. The predicted octanol–water partition coefficient (Wildman–Crippen LogP) is 3.88. The average Bonchev–Trinajstić information content (AvgIpc) is 2.41. The standard InChI is InChI=1S/C17H27NO/c1-3-14-5-4-6-16(12-14)18-13(2)11-15-7-9-17(19)10-8-15/h7-10,13-14,16,18-19H,3-6,11-12H2,1-2H3. The first kappa shape index (κ1) is 14.4. The van der Waals surface area contributed by atoms with Gasteiger partial charge in [0, 0.05) is 12.1 Å². The fraction of sp³-hybridized carbons (Fsp3) is 0.647. The summed E-state index contributed by atoms with van der Waals surface area (Å²) in [5.41, 5.74) is 1.29. The lowest BCUT2D eigenvalue weighted by Crippen LogP contribution is -2.40. The van der Waals surface area contributed by atoms with Crippen LogP contribution in [0.15, 0.2) is 24.3 Å². The van der Waals surface area contributed by atoms with E-state index in [-0.39, 0.29) is 0 Å². The summed E-state index contributed by atoms with van der Waals surface area (Å²) in [6.07, 6.45) is 7.83. The number of nitrogens with one attached hydrogen (secondary N) is 1. The SMILES string of the molecule is CCC1CCCC(NC(C)Cc2ccc(O)cc2)C1. The molecule has 1 aliphatic rings. The zero-order valence-electron chi connectivity index (χ0n) is 12.2. The van der Waals surface area contributed by atoms with E-state index < -0.39 is 0 Å². The largest absolute Gasteiger partial charge is 0.508 e. The summed E-state index contributed by atoms with van der Waals surface area (Å²) in [5.74, 6) is 1.27. The first-order chi connectivity index (χ1) is 9.17. The molecule has 106 valence electrons. The number of benzene rings is 1. The third-order valence-electron chi connectivity index (χ3n) is 4.36. The Morgan fingerprint density at radius 2 is 2.00 bits per heavy atom. The van der Waals surface area contributed by atoms with Crippen molar-refractivity contribution in [2.24, 2.45) is 5.92 Å². The third kappa shape index (κ3) is 4.54. The van der Waals surface area contributed by atoms with Gasteiger partial charge in [-0.25, -0.2) is 0 Å². The molecule has 0 amide bonds. The molecule has 3 unspecified atom stereocenters. The number of hydrogen-bond acceptors (Lipinski definition) is 2. The quantitative estimate of drug-likeness (QED) is 0.843. The summed E-state index contributed by atoms with van der Waals surface area (Å²) in [4.78, 5) is 0. The lowest BCUT2D eigenvalue weighted by Gasteiger charge is -2.31. The normalized spacial score (nSPS) is 25.2. The molecular weight excluding hydrogens is 234 g/mol. The van der Waals surface area contributed by atoms with Crippen LogP contribution in [0.3, 0.4) is 0 Å². The van der Waals surface area contributed by atoms with Crippen LogP contribution in [0.1, 0.15) is 51.5 Å². The Morgan fingerprint density at radius 1 is 1.26 bits per heavy atom. The predicted molar refractivity (Wildman–Crippen MR) is 80.4 cm³/mol. The van der Waals surface area contributed by atoms with E-state index >= 15 is 0 Å². The Balaban J connectivity index is 1.80. The summed E-state index contributed by atoms with van der Waals surface area (Å²) in [7, 11) is 0. The highest BCUT2D eigenvalue weighted by Gasteiger charge is 2.21. The van der Waals surface area contributed by atoms with Gasteiger partial charge >= 0.3 is 0 Å². The van der Waals surface area contributed by atoms with Crippen molar-refractivity contribution >= 4 is 0 Å². The number of phenols is 1. The van der Waals surface area contributed by atoms with E-state index in [4.69, 9.17) is 0 Å². The summed E-state index contributed by atoms with van der Waals surface area (Å²) in [6.45, 7) is 4.58. The highest BCUT2D eigenvalue weighted by molar-refractivity contribution is 5.26. The van der Waals surface area contributed by atoms with Gasteiger partial charge in [0.05, 0.1) is 0 Å². The van der Waals surface area contributed by atoms with E-state index in [0.717, 1.165) is 12.3 Å². The highest BCUT2D eigenvalue weighted by Crippen LogP contribution is 2.27. The molecule has 0 aliphatic heterocycles. The smallest absolute Gasteiger partial charge is 0.115 e. The lowest BCUT2D eigenvalue weighted by atomic mass is 9.84. The summed E-state index contributed by atoms with van der Waals surface area (Å²) < 4.78 is 0. The average molecular weight is 261 g/mol. The molecule has 19 heavy (non-hydrogen) atoms. The van der Waals surface area contributed by atoms with Gasteiger partial charge in [-0.1, -0.05) is 38.3 Å². The Kier molecular flexibility index (Phi) is 5.26. The molecule has 2 heteroatoms. The van der Waals surface area contributed by atoms with E-state index in [2.05, 4.69) is 19.2 Å². The maximum atomic E-state index is 9.29. The molecule has 0 heterocycles. The fourth-order valence-corrected chi connectivity index (χ4v) is 3.26. The Morgan fingerprint density at radius 3 is 2.68 bits per heavy atom. The van der Waals surface area contributed by atoms with E-state index in [0.29, 0.717) is 17.8 Å². The molecule has 2 nitrogen and oxygen atoms in total. The van der Waals surface area contributed by atoms with Crippen molar-refractivity contribution in [1.29, 1.82) is 0 Å². The Bertz CT molecular complexity index is 373. The molecular formula is C17H27NO. The van der Waals surface area contributed by atoms with Gasteiger partial charge in [-0.05, 0) is 49.8 Å². The Labute approximate surface area is 117 Å². The van der Waals surface area contributed by atoms with E-state index in [9.17, 15) is 5.11 Å². The molecule has 1 fully saturated rings. The minimum Gasteiger partial charge on any atom is -0.508 e. The van der Waals surface area contributed by atoms with Crippen LogP contribution in [0.4, 0.5) is 0 Å². The van der Waals surface area contributed by atoms with Crippen LogP contribution >= 0.6 is 0 Å². The molecule has 3 atom stereocenters. The highest BCUT2D eigenvalue weighted by atomic mass is 16.3. The molecule has 1 aromatic carbocycles. The van der Waals surface area contributed by atoms with Crippen LogP contribution in [-0.2, 0) is 6.42 Å². The van der Waals surface area contributed by atoms with E-state index in [1.807, 2.05) is 12.1 Å². The van der Waals surface area contributed by atoms with Crippen molar-refractivity contribution in [3.05, 3.63) is 29.8 Å². The van der Waals surface area contributed by atoms with Crippen LogP contribution in [-0.4, -0.2) is 17.2 Å². The monoisotopic (exact) mass is 261 g/mol. The second-order valence-corrected chi connectivity index (χ2v) is 6.08. The molecule has 0 aromatic heterocycles. The molecule has 2 rings (SSSR count). The van der Waals surface area contributed by atoms with Crippen molar-refractivity contribution in [1.82, 2.24) is 5.32 Å². The summed E-state index contributed by atoms with van der Waals surface area (Å²) >= 11 is 0. The van der Waals surface area contributed by atoms with Gasteiger partial charge in [-0.3, -0.25) is 0 Å². The molecule has 2 N–H and O–H groups in total. The fourth-order valence-electron chi connectivity index (χ4n) is 3.26. The van der Waals surface area contributed by atoms with Gasteiger partial charge in [-0.2, -0.15) is 0 Å². The summed E-state index contributed by atoms with van der Waals surface area (Å²) in [6, 6.07) is 8.79. The number of phenolic OH excluding ortho intramolecular Hbond substituents is 1. The van der Waals surface area contributed by atoms with Crippen molar-refractivity contribution in [3.63, 3.8) is 0 Å². The van der Waals surface area contributed by atoms with Crippen LogP contribution in [0.2, 0.25) is 0 Å². The second-order valence-electron chi connectivity index (χ2n) is 6.08. The zero-order chi connectivity index (χ0) is 13.7. The minimum absolute atomic E-state index is 0.349. The zero-order valence-corrected chi connectivity index (χ0v) is 12.2. The topological polar surface area (TPSA) is 32.3 Å². The van der Waals surface area contributed by atoms with Crippen molar-refractivity contribution in [2.45, 2.75) is 64.5 Å². The van der Waals surface area contributed by atoms with E-state index in [1.54, 1.807) is 12.1 Å². The van der Waals surface area contributed by atoms with Gasteiger partial charge in [0.1, 0.15) is 5.75 Å². The number of rotatable bonds is 5. The van der Waals surface area contributed by atoms with Gasteiger partial charge in [0.2, 0.25) is 0 Å². The second kappa shape index (κ2) is 6.95. The lowest BCUT2D eigenvalue weighted by molar-refractivity contribution is 0.264. The first-order valence-corrected chi connectivity index (χ1v) is 7.71. The van der Waals surface area contributed by atoms with Gasteiger partial charge < -0.3 is 10.4 Å². The maximum Gasteiger partial charge on any atom is 0.115 e. The van der Waals surface area contributed by atoms with Crippen molar-refractivity contribution in [2.75, 3.05) is 0 Å².